The topological polar surface area (TPSA) is 29.5 Å². The highest BCUT2D eigenvalue weighted by atomic mass is 32.1. The van der Waals surface area contributed by atoms with E-state index in [1.165, 1.54) is 25.5 Å². The summed E-state index contributed by atoms with van der Waals surface area (Å²) in [6.45, 7) is 3.03. The molecule has 106 valence electrons. The number of hydrogen-bond acceptors (Lipinski definition) is 4. The van der Waals surface area contributed by atoms with Gasteiger partial charge in [0.15, 0.2) is 0 Å². The summed E-state index contributed by atoms with van der Waals surface area (Å²) in [5, 5.41) is 4.27. The van der Waals surface area contributed by atoms with Crippen molar-refractivity contribution < 1.29 is 9.53 Å². The number of carbonyl (C=O) groups is 1. The molecule has 19 heavy (non-hydrogen) atoms. The molecule has 1 unspecified atom stereocenters. The van der Waals surface area contributed by atoms with Gasteiger partial charge in [0.05, 0.1) is 7.11 Å². The Labute approximate surface area is 119 Å². The van der Waals surface area contributed by atoms with Crippen molar-refractivity contribution >= 4 is 17.3 Å². The van der Waals surface area contributed by atoms with Crippen LogP contribution >= 0.6 is 11.3 Å². The van der Waals surface area contributed by atoms with Gasteiger partial charge in [-0.2, -0.15) is 11.3 Å². The first kappa shape index (κ1) is 14.5. The summed E-state index contributed by atoms with van der Waals surface area (Å²) in [7, 11) is 1.50. The summed E-state index contributed by atoms with van der Waals surface area (Å²) in [4.78, 5) is 14.4. The van der Waals surface area contributed by atoms with Crippen LogP contribution in [0.15, 0.2) is 16.8 Å². The van der Waals surface area contributed by atoms with Crippen LogP contribution in [0.3, 0.4) is 0 Å². The Morgan fingerprint density at radius 1 is 1.58 bits per heavy atom. The molecule has 4 heteroatoms. The van der Waals surface area contributed by atoms with E-state index >= 15 is 0 Å². The van der Waals surface area contributed by atoms with E-state index in [0.29, 0.717) is 6.04 Å². The Balaban J connectivity index is 2.06. The summed E-state index contributed by atoms with van der Waals surface area (Å²) in [6.07, 6.45) is 5.52. The molecule has 1 fully saturated rings. The van der Waals surface area contributed by atoms with Gasteiger partial charge in [-0.1, -0.05) is 19.8 Å². The maximum Gasteiger partial charge on any atom is 0.323 e. The number of esters is 1. The molecule has 0 spiro atoms. The number of hydrogen-bond donors (Lipinski definition) is 0. The van der Waals surface area contributed by atoms with Gasteiger partial charge in [0, 0.05) is 12.6 Å². The van der Waals surface area contributed by atoms with Gasteiger partial charge in [-0.3, -0.25) is 9.69 Å². The largest absolute Gasteiger partial charge is 0.468 e. The van der Waals surface area contributed by atoms with Gasteiger partial charge in [-0.25, -0.2) is 0 Å². The Morgan fingerprint density at radius 3 is 2.89 bits per heavy atom. The molecule has 3 nitrogen and oxygen atoms in total. The smallest absolute Gasteiger partial charge is 0.323 e. The van der Waals surface area contributed by atoms with Gasteiger partial charge in [0.2, 0.25) is 0 Å². The molecule has 0 N–H and O–H groups in total. The van der Waals surface area contributed by atoms with Gasteiger partial charge in [-0.15, -0.1) is 0 Å². The quantitative estimate of drug-likeness (QED) is 0.684. The molecule has 1 aliphatic carbocycles. The minimum atomic E-state index is -0.0735. The Hall–Kier alpha value is -0.870. The summed E-state index contributed by atoms with van der Waals surface area (Å²) in [5.74, 6) is -0.0735. The predicted octanol–water partition coefficient (Wildman–Crippen LogP) is 3.44. The third-order valence-electron chi connectivity index (χ3n) is 3.67. The molecule has 0 radical (unpaired) electrons. The van der Waals surface area contributed by atoms with Gasteiger partial charge in [-0.05, 0) is 41.7 Å². The SMILES string of the molecule is CCCCC(C(=O)OC)N(Cc1ccsc1)C1CC1. The molecule has 1 atom stereocenters. The van der Waals surface area contributed by atoms with Crippen molar-refractivity contribution in [3.05, 3.63) is 22.4 Å². The van der Waals surface area contributed by atoms with Gasteiger partial charge >= 0.3 is 5.97 Å². The molecule has 1 aliphatic rings. The lowest BCUT2D eigenvalue weighted by molar-refractivity contribution is -0.148. The molecule has 1 saturated carbocycles. The third kappa shape index (κ3) is 4.05. The second-order valence-corrected chi connectivity index (χ2v) is 6.00. The molecule has 1 aromatic rings. The molecule has 1 aromatic heterocycles. The monoisotopic (exact) mass is 281 g/mol. The first-order valence-corrected chi connectivity index (χ1v) is 8.05. The molecule has 2 rings (SSSR count). The highest BCUT2D eigenvalue weighted by Crippen LogP contribution is 2.32. The van der Waals surface area contributed by atoms with E-state index in [1.807, 2.05) is 0 Å². The standard InChI is InChI=1S/C15H23NO2S/c1-3-4-5-14(15(17)18-2)16(13-6-7-13)10-12-8-9-19-11-12/h8-9,11,13-14H,3-7,10H2,1-2H3. The Morgan fingerprint density at radius 2 is 2.37 bits per heavy atom. The first-order chi connectivity index (χ1) is 9.26. The highest BCUT2D eigenvalue weighted by Gasteiger charge is 2.37. The van der Waals surface area contributed by atoms with E-state index in [4.69, 9.17) is 4.74 Å². The van der Waals surface area contributed by atoms with Crippen molar-refractivity contribution in [2.75, 3.05) is 7.11 Å². The maximum atomic E-state index is 12.1. The van der Waals surface area contributed by atoms with E-state index in [9.17, 15) is 4.79 Å². The van der Waals surface area contributed by atoms with Crippen molar-refractivity contribution in [1.82, 2.24) is 4.90 Å². The number of rotatable bonds is 8. The van der Waals surface area contributed by atoms with Crippen molar-refractivity contribution in [2.24, 2.45) is 0 Å². The summed E-state index contributed by atoms with van der Waals surface area (Å²) >= 11 is 1.71. The van der Waals surface area contributed by atoms with Gasteiger partial charge in [0.25, 0.3) is 0 Å². The Kier molecular flexibility index (Phi) is 5.40. The van der Waals surface area contributed by atoms with E-state index in [2.05, 4.69) is 28.7 Å². The Bertz CT molecular complexity index is 387. The molecule has 0 bridgehead atoms. The van der Waals surface area contributed by atoms with Crippen LogP contribution in [0.2, 0.25) is 0 Å². The molecular weight excluding hydrogens is 258 g/mol. The molecule has 0 aliphatic heterocycles. The van der Waals surface area contributed by atoms with E-state index in [1.54, 1.807) is 11.3 Å². The van der Waals surface area contributed by atoms with E-state index < -0.39 is 0 Å². The molecule has 1 heterocycles. The fraction of sp³-hybridized carbons (Fsp3) is 0.667. The number of methoxy groups -OCH3 is 1. The van der Waals surface area contributed by atoms with Gasteiger partial charge in [0.1, 0.15) is 6.04 Å². The molecule has 0 aromatic carbocycles. The van der Waals surface area contributed by atoms with Crippen LogP contribution in [0, 0.1) is 0 Å². The van der Waals surface area contributed by atoms with Crippen molar-refractivity contribution in [3.8, 4) is 0 Å². The minimum absolute atomic E-state index is 0.0719. The highest BCUT2D eigenvalue weighted by molar-refractivity contribution is 7.07. The number of ether oxygens (including phenoxy) is 1. The van der Waals surface area contributed by atoms with Crippen LogP contribution in [-0.2, 0) is 16.1 Å². The number of thiophene rings is 1. The average Bonchev–Trinajstić information content (AvgIpc) is 3.14. The summed E-state index contributed by atoms with van der Waals surface area (Å²) in [5.41, 5.74) is 1.31. The van der Waals surface area contributed by atoms with Crippen LogP contribution in [0.5, 0.6) is 0 Å². The maximum absolute atomic E-state index is 12.1. The van der Waals surface area contributed by atoms with Gasteiger partial charge < -0.3 is 4.74 Å². The number of unbranched alkanes of at least 4 members (excludes halogenated alkanes) is 1. The summed E-state index contributed by atoms with van der Waals surface area (Å²) < 4.78 is 5.01. The van der Waals surface area contributed by atoms with Crippen molar-refractivity contribution in [2.45, 2.75) is 57.7 Å². The minimum Gasteiger partial charge on any atom is -0.468 e. The number of carbonyl (C=O) groups excluding carboxylic acids is 1. The second-order valence-electron chi connectivity index (χ2n) is 5.22. The number of nitrogens with zero attached hydrogens (tertiary/aromatic N) is 1. The van der Waals surface area contributed by atoms with Crippen molar-refractivity contribution in [3.63, 3.8) is 0 Å². The predicted molar refractivity (Wildman–Crippen MR) is 78.2 cm³/mol. The summed E-state index contributed by atoms with van der Waals surface area (Å²) in [6, 6.07) is 2.65. The molecular formula is C15H23NO2S. The first-order valence-electron chi connectivity index (χ1n) is 7.11. The average molecular weight is 281 g/mol. The van der Waals surface area contributed by atoms with Crippen molar-refractivity contribution in [1.29, 1.82) is 0 Å². The van der Waals surface area contributed by atoms with E-state index in [0.717, 1.165) is 25.8 Å². The lowest BCUT2D eigenvalue weighted by Crippen LogP contribution is -2.42. The zero-order valence-electron chi connectivity index (χ0n) is 11.8. The van der Waals surface area contributed by atoms with Crippen LogP contribution in [-0.4, -0.2) is 30.1 Å². The normalized spacial score (nSPS) is 16.6. The van der Waals surface area contributed by atoms with Crippen LogP contribution in [0.4, 0.5) is 0 Å². The fourth-order valence-electron chi connectivity index (χ4n) is 2.45. The zero-order valence-corrected chi connectivity index (χ0v) is 12.6. The zero-order chi connectivity index (χ0) is 13.7. The fourth-order valence-corrected chi connectivity index (χ4v) is 3.11. The lowest BCUT2D eigenvalue weighted by Gasteiger charge is -2.29. The van der Waals surface area contributed by atoms with Crippen LogP contribution < -0.4 is 0 Å². The molecule has 0 amide bonds. The second kappa shape index (κ2) is 7.06. The van der Waals surface area contributed by atoms with E-state index in [-0.39, 0.29) is 12.0 Å². The van der Waals surface area contributed by atoms with Crippen LogP contribution in [0.25, 0.3) is 0 Å². The lowest BCUT2D eigenvalue weighted by atomic mass is 10.1. The van der Waals surface area contributed by atoms with Crippen LogP contribution in [0.1, 0.15) is 44.6 Å². The third-order valence-corrected chi connectivity index (χ3v) is 4.40. The molecule has 0 saturated heterocycles.